The maximum atomic E-state index is 12.2. The van der Waals surface area contributed by atoms with Crippen LogP contribution in [0.5, 0.6) is 0 Å². The van der Waals surface area contributed by atoms with Gasteiger partial charge in [-0.05, 0) is 44.2 Å². The number of carbonyl (C=O) groups excluding carboxylic acids is 1. The van der Waals surface area contributed by atoms with Gasteiger partial charge in [0.25, 0.3) is 5.91 Å². The third kappa shape index (κ3) is 3.79. The molecule has 0 spiro atoms. The van der Waals surface area contributed by atoms with Crippen molar-refractivity contribution in [3.63, 3.8) is 0 Å². The van der Waals surface area contributed by atoms with Crippen molar-refractivity contribution in [2.75, 3.05) is 0 Å². The number of nitrogens with one attached hydrogen (secondary N) is 1. The first kappa shape index (κ1) is 18.2. The average molecular weight is 387 g/mol. The molecule has 3 rings (SSSR count). The molecule has 0 saturated heterocycles. The van der Waals surface area contributed by atoms with Gasteiger partial charge < -0.3 is 0 Å². The highest BCUT2D eigenvalue weighted by molar-refractivity contribution is 6.35. The fourth-order valence-corrected chi connectivity index (χ4v) is 2.92. The predicted octanol–water partition coefficient (Wildman–Crippen LogP) is 4.56. The van der Waals surface area contributed by atoms with Gasteiger partial charge in [0.15, 0.2) is 0 Å². The quantitative estimate of drug-likeness (QED) is 0.527. The van der Waals surface area contributed by atoms with Gasteiger partial charge in [-0.3, -0.25) is 4.79 Å². The third-order valence-corrected chi connectivity index (χ3v) is 4.45. The number of carbonyl (C=O) groups is 1. The van der Waals surface area contributed by atoms with Gasteiger partial charge in [-0.1, -0.05) is 41.4 Å². The Morgan fingerprint density at radius 3 is 2.62 bits per heavy atom. The Bertz CT molecular complexity index is 981. The number of hydrazone groups is 1. The summed E-state index contributed by atoms with van der Waals surface area (Å²) in [6, 6.07) is 14.5. The van der Waals surface area contributed by atoms with E-state index >= 15 is 0 Å². The largest absolute Gasteiger partial charge is 0.272 e. The zero-order valence-corrected chi connectivity index (χ0v) is 15.7. The molecule has 26 heavy (non-hydrogen) atoms. The number of nitrogens with zero attached hydrogens (tertiary/aromatic N) is 3. The van der Waals surface area contributed by atoms with Crippen molar-refractivity contribution < 1.29 is 4.79 Å². The van der Waals surface area contributed by atoms with Crippen molar-refractivity contribution in [3.8, 4) is 5.69 Å². The van der Waals surface area contributed by atoms with Crippen LogP contribution in [0.15, 0.2) is 53.6 Å². The van der Waals surface area contributed by atoms with Crippen LogP contribution in [0.25, 0.3) is 5.69 Å². The Morgan fingerprint density at radius 2 is 1.88 bits per heavy atom. The van der Waals surface area contributed by atoms with Crippen LogP contribution in [0, 0.1) is 13.8 Å². The summed E-state index contributed by atoms with van der Waals surface area (Å²) in [7, 11) is 0. The topological polar surface area (TPSA) is 59.3 Å². The summed E-state index contributed by atoms with van der Waals surface area (Å²) in [5, 5.41) is 9.32. The molecule has 0 aliphatic heterocycles. The zero-order valence-electron chi connectivity index (χ0n) is 14.2. The normalized spacial score (nSPS) is 11.1. The van der Waals surface area contributed by atoms with Gasteiger partial charge >= 0.3 is 0 Å². The van der Waals surface area contributed by atoms with Crippen molar-refractivity contribution >= 4 is 35.3 Å². The van der Waals surface area contributed by atoms with E-state index < -0.39 is 5.91 Å². The molecular weight excluding hydrogens is 371 g/mol. The second kappa shape index (κ2) is 7.72. The molecule has 0 aliphatic rings. The SMILES string of the molecule is Cc1nn(-c2ccccc2)c(C)c1/C=N\NC(=O)c1cc(Cl)ccc1Cl. The van der Waals surface area contributed by atoms with Crippen LogP contribution in [0.3, 0.4) is 0 Å². The van der Waals surface area contributed by atoms with E-state index in [-0.39, 0.29) is 5.56 Å². The van der Waals surface area contributed by atoms with Crippen molar-refractivity contribution in [3.05, 3.63) is 81.1 Å². The Balaban J connectivity index is 1.80. The molecule has 2 aromatic carbocycles. The lowest BCUT2D eigenvalue weighted by molar-refractivity contribution is 0.0955. The van der Waals surface area contributed by atoms with Crippen molar-refractivity contribution in [1.29, 1.82) is 0 Å². The minimum atomic E-state index is -0.431. The standard InChI is InChI=1S/C19H16Cl2N4O/c1-12-17(13(2)25(24-12)15-6-4-3-5-7-15)11-22-23-19(26)16-10-14(20)8-9-18(16)21/h3-11H,1-2H3,(H,23,26)/b22-11-. The van der Waals surface area contributed by atoms with Gasteiger partial charge in [0.2, 0.25) is 0 Å². The molecule has 0 radical (unpaired) electrons. The van der Waals surface area contributed by atoms with Gasteiger partial charge in [0.05, 0.1) is 33.9 Å². The fraction of sp³-hybridized carbons (Fsp3) is 0.105. The molecule has 1 amide bonds. The number of hydrogen-bond acceptors (Lipinski definition) is 3. The third-order valence-electron chi connectivity index (χ3n) is 3.88. The van der Waals surface area contributed by atoms with Crippen molar-refractivity contribution in [2.45, 2.75) is 13.8 Å². The van der Waals surface area contributed by atoms with E-state index in [4.69, 9.17) is 23.2 Å². The summed E-state index contributed by atoms with van der Waals surface area (Å²) in [6.07, 6.45) is 1.58. The summed E-state index contributed by atoms with van der Waals surface area (Å²) in [5.74, 6) is -0.431. The molecule has 5 nitrogen and oxygen atoms in total. The second-order valence-corrected chi connectivity index (χ2v) is 6.50. The molecule has 0 atom stereocenters. The molecule has 1 N–H and O–H groups in total. The number of para-hydroxylation sites is 1. The molecule has 0 fully saturated rings. The first-order valence-corrected chi connectivity index (χ1v) is 8.63. The van der Waals surface area contributed by atoms with Gasteiger partial charge in [0, 0.05) is 10.6 Å². The summed E-state index contributed by atoms with van der Waals surface area (Å²) in [6.45, 7) is 3.84. The lowest BCUT2D eigenvalue weighted by Crippen LogP contribution is -2.18. The molecule has 0 unspecified atom stereocenters. The highest BCUT2D eigenvalue weighted by Gasteiger charge is 2.12. The highest BCUT2D eigenvalue weighted by Crippen LogP contribution is 2.20. The highest BCUT2D eigenvalue weighted by atomic mass is 35.5. The molecule has 1 heterocycles. The van der Waals surface area contributed by atoms with Crippen LogP contribution < -0.4 is 5.43 Å². The number of rotatable bonds is 4. The number of halogens is 2. The average Bonchev–Trinajstić information content (AvgIpc) is 2.92. The maximum absolute atomic E-state index is 12.2. The maximum Gasteiger partial charge on any atom is 0.272 e. The lowest BCUT2D eigenvalue weighted by atomic mass is 10.2. The first-order chi connectivity index (χ1) is 12.5. The summed E-state index contributed by atoms with van der Waals surface area (Å²) in [5.41, 5.74) is 6.27. The van der Waals surface area contributed by atoms with Crippen LogP contribution in [0.2, 0.25) is 10.0 Å². The molecule has 3 aromatic rings. The van der Waals surface area contributed by atoms with Crippen LogP contribution in [-0.4, -0.2) is 21.9 Å². The molecule has 1 aromatic heterocycles. The van der Waals surface area contributed by atoms with Crippen LogP contribution in [-0.2, 0) is 0 Å². The summed E-state index contributed by atoms with van der Waals surface area (Å²) >= 11 is 11.9. The fourth-order valence-electron chi connectivity index (χ4n) is 2.55. The predicted molar refractivity (Wildman–Crippen MR) is 105 cm³/mol. The van der Waals surface area contributed by atoms with E-state index in [9.17, 15) is 4.79 Å². The first-order valence-electron chi connectivity index (χ1n) is 7.87. The lowest BCUT2D eigenvalue weighted by Gasteiger charge is -2.04. The Labute approximate surface area is 161 Å². The van der Waals surface area contributed by atoms with E-state index in [1.807, 2.05) is 48.9 Å². The number of hydrogen-bond donors (Lipinski definition) is 1. The molecule has 0 saturated carbocycles. The minimum Gasteiger partial charge on any atom is -0.267 e. The summed E-state index contributed by atoms with van der Waals surface area (Å²) in [4.78, 5) is 12.2. The Hall–Kier alpha value is -2.63. The van der Waals surface area contributed by atoms with Crippen LogP contribution in [0.1, 0.15) is 27.3 Å². The number of benzene rings is 2. The number of aryl methyl sites for hydroxylation is 1. The van der Waals surface area contributed by atoms with Crippen molar-refractivity contribution in [2.24, 2.45) is 5.10 Å². The number of amides is 1. The Morgan fingerprint density at radius 1 is 1.15 bits per heavy atom. The van der Waals surface area contributed by atoms with Crippen molar-refractivity contribution in [1.82, 2.24) is 15.2 Å². The monoisotopic (exact) mass is 386 g/mol. The smallest absolute Gasteiger partial charge is 0.267 e. The van der Waals surface area contributed by atoms with E-state index in [1.165, 1.54) is 6.07 Å². The van der Waals surface area contributed by atoms with Gasteiger partial charge in [-0.15, -0.1) is 0 Å². The molecule has 132 valence electrons. The second-order valence-electron chi connectivity index (χ2n) is 5.66. The van der Waals surface area contributed by atoms with Gasteiger partial charge in [-0.25, -0.2) is 10.1 Å². The molecule has 0 bridgehead atoms. The zero-order chi connectivity index (χ0) is 18.7. The Kier molecular flexibility index (Phi) is 5.40. The van der Waals surface area contributed by atoms with Gasteiger partial charge in [0.1, 0.15) is 0 Å². The number of aromatic nitrogens is 2. The molecule has 0 aliphatic carbocycles. The molecular formula is C19H16Cl2N4O. The van der Waals surface area contributed by atoms with E-state index in [2.05, 4.69) is 15.6 Å². The van der Waals surface area contributed by atoms with Crippen LogP contribution >= 0.6 is 23.2 Å². The van der Waals surface area contributed by atoms with E-state index in [1.54, 1.807) is 18.3 Å². The van der Waals surface area contributed by atoms with E-state index in [0.29, 0.717) is 10.0 Å². The summed E-state index contributed by atoms with van der Waals surface area (Å²) < 4.78 is 1.84. The van der Waals surface area contributed by atoms with Gasteiger partial charge in [-0.2, -0.15) is 10.2 Å². The minimum absolute atomic E-state index is 0.268. The van der Waals surface area contributed by atoms with Crippen LogP contribution in [0.4, 0.5) is 0 Å². The van der Waals surface area contributed by atoms with E-state index in [0.717, 1.165) is 22.6 Å². The molecule has 7 heteroatoms.